The second kappa shape index (κ2) is 22.4. The molecule has 3 fully saturated rings. The van der Waals surface area contributed by atoms with E-state index in [1.807, 2.05) is 0 Å². The molecule has 0 amide bonds. The molecular weight excluding hydrogens is 638 g/mol. The first-order chi connectivity index (χ1) is 24.5. The van der Waals surface area contributed by atoms with Crippen molar-refractivity contribution in [3.05, 3.63) is 12.2 Å². The standard InChI is InChI=1S/C43H79N3O5/c1-3-4-7-14-33-19-20-35(40(48)26-33)15-10-6-11-16-38(42(49)50)39(47)21-23-43(51)28-36(25-34-22-24-45-41(44)27-34)37(29-43)30-46-31(2)17-18-32-12-8-5-9-13-32/h19-20,31-41,45-48,51H,3-18,21-30,44H2,1-2H3,(H,49,50)/p+1. The second-order valence-corrected chi connectivity index (χ2v) is 18.3. The van der Waals surface area contributed by atoms with Crippen LogP contribution in [-0.2, 0) is 4.79 Å². The molecule has 0 bridgehead atoms. The predicted octanol–water partition coefficient (Wildman–Crippen LogP) is 4.30. The molecule has 1 saturated heterocycles. The zero-order valence-corrected chi connectivity index (χ0v) is 32.8. The third-order valence-electron chi connectivity index (χ3n) is 13.9. The van der Waals surface area contributed by atoms with Crippen LogP contribution in [0.1, 0.15) is 168 Å². The Morgan fingerprint density at radius 1 is 0.941 bits per heavy atom. The summed E-state index contributed by atoms with van der Waals surface area (Å²) >= 11 is 0. The van der Waals surface area contributed by atoms with Gasteiger partial charge in [0.2, 0.25) is 0 Å². The Balaban J connectivity index is 1.21. The van der Waals surface area contributed by atoms with E-state index in [0.29, 0.717) is 49.0 Å². The van der Waals surface area contributed by atoms with Gasteiger partial charge in [0.15, 0.2) is 0 Å². The number of aliphatic carboxylic acids is 1. The summed E-state index contributed by atoms with van der Waals surface area (Å²) in [5.41, 5.74) is 5.46. The first-order valence-electron chi connectivity index (χ1n) is 21.9. The van der Waals surface area contributed by atoms with Gasteiger partial charge in [-0.15, -0.1) is 0 Å². The fourth-order valence-corrected chi connectivity index (χ4v) is 10.6. The number of carboxylic acids is 1. The Bertz CT molecular complexity index is 1010. The number of carbonyl (C=O) groups is 1. The van der Waals surface area contributed by atoms with Gasteiger partial charge in [0.1, 0.15) is 6.17 Å². The van der Waals surface area contributed by atoms with Crippen molar-refractivity contribution in [3.63, 3.8) is 0 Å². The third-order valence-corrected chi connectivity index (χ3v) is 13.9. The van der Waals surface area contributed by atoms with Crippen molar-refractivity contribution in [2.45, 2.75) is 198 Å². The first-order valence-corrected chi connectivity index (χ1v) is 21.9. The van der Waals surface area contributed by atoms with Gasteiger partial charge in [0.25, 0.3) is 0 Å². The number of unbranched alkanes of at least 4 members (excludes halogenated alkanes) is 4. The number of piperidine rings is 1. The topological polar surface area (TPSA) is 160 Å². The Kier molecular flexibility index (Phi) is 18.7. The van der Waals surface area contributed by atoms with Gasteiger partial charge in [-0.2, -0.15) is 0 Å². The highest BCUT2D eigenvalue weighted by molar-refractivity contribution is 5.68. The number of hydrogen-bond donors (Lipinski definition) is 6. The Hall–Kier alpha value is -1.03. The molecule has 8 nitrogen and oxygen atoms in total. The minimum atomic E-state index is -1.18. The summed E-state index contributed by atoms with van der Waals surface area (Å²) in [6.07, 6.45) is 28.0. The van der Waals surface area contributed by atoms with Crippen LogP contribution in [0.4, 0.5) is 0 Å². The first kappa shape index (κ1) is 42.7. The summed E-state index contributed by atoms with van der Waals surface area (Å²) in [4.78, 5) is 12.2. The quantitative estimate of drug-likeness (QED) is 0.0683. The summed E-state index contributed by atoms with van der Waals surface area (Å²) in [6.45, 7) is 6.69. The van der Waals surface area contributed by atoms with Crippen molar-refractivity contribution in [1.82, 2.24) is 0 Å². The van der Waals surface area contributed by atoms with Gasteiger partial charge in [-0.3, -0.25) is 5.73 Å². The number of hydrogen-bond acceptors (Lipinski definition) is 6. The molecule has 1 heterocycles. The number of allylic oxidation sites excluding steroid dienone is 1. The summed E-state index contributed by atoms with van der Waals surface area (Å²) in [6, 6.07) is 0.585. The number of quaternary nitrogens is 2. The average Bonchev–Trinajstić information content (AvgIpc) is 3.42. The number of nitrogens with two attached hydrogens (primary N) is 3. The lowest BCUT2D eigenvalue weighted by Crippen LogP contribution is -2.94. The molecular formula is C43H80N3O5+. The number of rotatable bonds is 23. The van der Waals surface area contributed by atoms with Crippen molar-refractivity contribution in [2.75, 3.05) is 13.1 Å². The molecule has 0 aromatic carbocycles. The number of aliphatic hydroxyl groups excluding tert-OH is 2. The van der Waals surface area contributed by atoms with E-state index in [9.17, 15) is 25.2 Å². The molecule has 51 heavy (non-hydrogen) atoms. The van der Waals surface area contributed by atoms with Crippen LogP contribution in [0.15, 0.2) is 12.2 Å². The Morgan fingerprint density at radius 2 is 1.71 bits per heavy atom. The third kappa shape index (κ3) is 15.0. The fourth-order valence-electron chi connectivity index (χ4n) is 10.6. The highest BCUT2D eigenvalue weighted by Crippen LogP contribution is 2.45. The van der Waals surface area contributed by atoms with Gasteiger partial charge >= 0.3 is 0 Å². The van der Waals surface area contributed by atoms with E-state index >= 15 is 0 Å². The van der Waals surface area contributed by atoms with E-state index in [0.717, 1.165) is 76.8 Å². The molecule has 8 heteroatoms. The maximum absolute atomic E-state index is 12.2. The van der Waals surface area contributed by atoms with E-state index < -0.39 is 23.6 Å². The zero-order chi connectivity index (χ0) is 36.6. The summed E-state index contributed by atoms with van der Waals surface area (Å²) in [5.74, 6) is 0.945. The van der Waals surface area contributed by atoms with Gasteiger partial charge in [0.05, 0.1) is 36.9 Å². The van der Waals surface area contributed by atoms with Crippen LogP contribution in [0.5, 0.6) is 0 Å². The normalized spacial score (nSPS) is 33.6. The molecule has 11 atom stereocenters. The molecule has 3 aliphatic carbocycles. The molecule has 11 unspecified atom stereocenters. The lowest BCUT2D eigenvalue weighted by molar-refractivity contribution is -0.699. The van der Waals surface area contributed by atoms with Crippen LogP contribution in [-0.4, -0.2) is 64.4 Å². The molecule has 0 aromatic heterocycles. The van der Waals surface area contributed by atoms with Crippen LogP contribution in [0.2, 0.25) is 0 Å². The molecule has 4 aliphatic rings. The van der Waals surface area contributed by atoms with Crippen LogP contribution in [0.3, 0.4) is 0 Å². The highest BCUT2D eigenvalue weighted by Gasteiger charge is 2.46. The number of carbonyl (C=O) groups excluding carboxylic acids is 1. The molecule has 0 aromatic rings. The van der Waals surface area contributed by atoms with E-state index in [4.69, 9.17) is 5.73 Å². The Morgan fingerprint density at radius 3 is 2.43 bits per heavy atom. The molecule has 1 aliphatic heterocycles. The number of aliphatic hydroxyl groups is 3. The fraction of sp³-hybridized carbons (Fsp3) is 0.930. The summed E-state index contributed by atoms with van der Waals surface area (Å²) in [5, 5.41) is 50.7. The minimum Gasteiger partial charge on any atom is -0.550 e. The van der Waals surface area contributed by atoms with Crippen molar-refractivity contribution in [2.24, 2.45) is 47.2 Å². The van der Waals surface area contributed by atoms with Gasteiger partial charge in [-0.1, -0.05) is 89.7 Å². The van der Waals surface area contributed by atoms with E-state index in [-0.39, 0.29) is 24.6 Å². The van der Waals surface area contributed by atoms with Gasteiger partial charge in [-0.05, 0) is 108 Å². The van der Waals surface area contributed by atoms with Crippen molar-refractivity contribution in [1.29, 1.82) is 0 Å². The van der Waals surface area contributed by atoms with Crippen LogP contribution >= 0.6 is 0 Å². The summed E-state index contributed by atoms with van der Waals surface area (Å²) < 4.78 is 0. The van der Waals surface area contributed by atoms with Gasteiger partial charge < -0.3 is 35.9 Å². The van der Waals surface area contributed by atoms with E-state index in [1.165, 1.54) is 70.6 Å². The molecule has 9 N–H and O–H groups in total. The number of carboxylic acid groups (broad SMARTS) is 1. The summed E-state index contributed by atoms with van der Waals surface area (Å²) in [7, 11) is 0. The SMILES string of the molecule is CCCCCC1C=CC(CCCCCC(C(=O)[O-])C(O)CCC2(O)CC(C[NH2+]C(C)CCC3CCCCC3)C(CC3CC[NH2+]C(N)C3)C2)C(O)C1. The van der Waals surface area contributed by atoms with Gasteiger partial charge in [-0.25, -0.2) is 0 Å². The monoisotopic (exact) mass is 719 g/mol. The van der Waals surface area contributed by atoms with Crippen molar-refractivity contribution in [3.8, 4) is 0 Å². The average molecular weight is 719 g/mol. The smallest absolute Gasteiger partial charge is 0.137 e. The maximum atomic E-state index is 12.2. The Labute approximate surface area is 311 Å². The van der Waals surface area contributed by atoms with Crippen LogP contribution < -0.4 is 21.5 Å². The highest BCUT2D eigenvalue weighted by atomic mass is 16.4. The van der Waals surface area contributed by atoms with E-state index in [1.54, 1.807) is 0 Å². The van der Waals surface area contributed by atoms with E-state index in [2.05, 4.69) is 36.6 Å². The van der Waals surface area contributed by atoms with Crippen LogP contribution in [0, 0.1) is 41.4 Å². The molecule has 2 saturated carbocycles. The molecule has 296 valence electrons. The maximum Gasteiger partial charge on any atom is 0.137 e. The van der Waals surface area contributed by atoms with Gasteiger partial charge in [0, 0.05) is 30.1 Å². The predicted molar refractivity (Wildman–Crippen MR) is 203 cm³/mol. The molecule has 4 rings (SSSR count). The largest absolute Gasteiger partial charge is 0.550 e. The molecule has 0 radical (unpaired) electrons. The minimum absolute atomic E-state index is 0.175. The second-order valence-electron chi connectivity index (χ2n) is 18.3. The van der Waals surface area contributed by atoms with Crippen molar-refractivity contribution >= 4 is 5.97 Å². The zero-order valence-electron chi connectivity index (χ0n) is 32.8. The lowest BCUT2D eigenvalue weighted by atomic mass is 9.81. The molecule has 0 spiro atoms. The van der Waals surface area contributed by atoms with Crippen molar-refractivity contribution < 1.29 is 35.9 Å². The van der Waals surface area contributed by atoms with Crippen LogP contribution in [0.25, 0.3) is 0 Å². The lowest BCUT2D eigenvalue weighted by Gasteiger charge is -2.30.